The zero-order valence-electron chi connectivity index (χ0n) is 11.8. The van der Waals surface area contributed by atoms with Crippen molar-refractivity contribution < 1.29 is 22.6 Å². The van der Waals surface area contributed by atoms with Gasteiger partial charge in [-0.1, -0.05) is 0 Å². The quantitative estimate of drug-likeness (QED) is 0.800. The SMILES string of the molecule is N#Cc1ccc(C(F)(F)F)c(N2CCCC3(C2)OCCO3)c1. The van der Waals surface area contributed by atoms with Crippen LogP contribution < -0.4 is 4.90 Å². The van der Waals surface area contributed by atoms with Crippen molar-refractivity contribution in [2.24, 2.45) is 0 Å². The van der Waals surface area contributed by atoms with Gasteiger partial charge in [0.05, 0.1) is 42.6 Å². The van der Waals surface area contributed by atoms with Crippen LogP contribution in [0.25, 0.3) is 0 Å². The van der Waals surface area contributed by atoms with Gasteiger partial charge in [0.25, 0.3) is 0 Å². The number of piperidine rings is 1. The number of anilines is 1. The Balaban J connectivity index is 1.97. The maximum atomic E-state index is 13.2. The third kappa shape index (κ3) is 2.76. The van der Waals surface area contributed by atoms with E-state index in [0.717, 1.165) is 6.07 Å². The number of hydrogen-bond donors (Lipinski definition) is 0. The molecule has 118 valence electrons. The van der Waals surface area contributed by atoms with Gasteiger partial charge in [-0.3, -0.25) is 0 Å². The van der Waals surface area contributed by atoms with Crippen LogP contribution in [0.5, 0.6) is 0 Å². The van der Waals surface area contributed by atoms with E-state index in [1.807, 2.05) is 6.07 Å². The maximum Gasteiger partial charge on any atom is 0.418 e. The van der Waals surface area contributed by atoms with Gasteiger partial charge in [0.15, 0.2) is 5.79 Å². The predicted molar refractivity (Wildman–Crippen MR) is 72.2 cm³/mol. The standard InChI is InChI=1S/C15H15F3N2O2/c16-15(17,18)12-3-2-11(9-19)8-13(12)20-5-1-4-14(10-20)21-6-7-22-14/h2-3,8H,1,4-7,10H2. The van der Waals surface area contributed by atoms with Crippen LogP contribution in [-0.4, -0.2) is 32.1 Å². The lowest BCUT2D eigenvalue weighted by Gasteiger charge is -2.40. The average Bonchev–Trinajstić information content (AvgIpc) is 2.93. The zero-order valence-corrected chi connectivity index (χ0v) is 11.8. The van der Waals surface area contributed by atoms with E-state index in [1.165, 1.54) is 12.1 Å². The van der Waals surface area contributed by atoms with Crippen molar-refractivity contribution in [3.05, 3.63) is 29.3 Å². The van der Waals surface area contributed by atoms with Gasteiger partial charge >= 0.3 is 6.18 Å². The molecule has 0 aromatic heterocycles. The minimum atomic E-state index is -4.47. The fourth-order valence-electron chi connectivity index (χ4n) is 3.03. The van der Waals surface area contributed by atoms with Crippen LogP contribution in [0.15, 0.2) is 18.2 Å². The molecule has 1 aromatic rings. The van der Waals surface area contributed by atoms with Crippen LogP contribution >= 0.6 is 0 Å². The molecule has 0 aliphatic carbocycles. The van der Waals surface area contributed by atoms with E-state index in [0.29, 0.717) is 32.6 Å². The molecule has 0 bridgehead atoms. The summed E-state index contributed by atoms with van der Waals surface area (Å²) in [7, 11) is 0. The number of nitrogens with zero attached hydrogens (tertiary/aromatic N) is 2. The number of ether oxygens (including phenoxy) is 2. The summed E-state index contributed by atoms with van der Waals surface area (Å²) in [5.74, 6) is -0.816. The molecular weight excluding hydrogens is 297 g/mol. The molecule has 1 aromatic carbocycles. The van der Waals surface area contributed by atoms with Crippen LogP contribution in [0, 0.1) is 11.3 Å². The molecule has 0 N–H and O–H groups in total. The highest BCUT2D eigenvalue weighted by molar-refractivity contribution is 5.59. The van der Waals surface area contributed by atoms with Gasteiger partial charge in [0.1, 0.15) is 0 Å². The molecule has 0 saturated carbocycles. The third-order valence-electron chi connectivity index (χ3n) is 4.00. The summed E-state index contributed by atoms with van der Waals surface area (Å²) in [6.07, 6.45) is -3.12. The Bertz CT molecular complexity index is 604. The fraction of sp³-hybridized carbons (Fsp3) is 0.533. The summed E-state index contributed by atoms with van der Waals surface area (Å²) >= 11 is 0. The van der Waals surface area contributed by atoms with E-state index in [9.17, 15) is 13.2 Å². The number of nitriles is 1. The topological polar surface area (TPSA) is 45.5 Å². The van der Waals surface area contributed by atoms with Crippen molar-refractivity contribution in [1.82, 2.24) is 0 Å². The van der Waals surface area contributed by atoms with Crippen molar-refractivity contribution in [2.45, 2.75) is 24.8 Å². The molecule has 2 heterocycles. The first kappa shape index (κ1) is 15.1. The molecule has 2 fully saturated rings. The average molecular weight is 312 g/mol. The molecule has 2 aliphatic rings. The van der Waals surface area contributed by atoms with Gasteiger partial charge < -0.3 is 14.4 Å². The summed E-state index contributed by atoms with van der Waals surface area (Å²) in [5.41, 5.74) is -0.512. The monoisotopic (exact) mass is 312 g/mol. The molecule has 0 atom stereocenters. The minimum Gasteiger partial charge on any atom is -0.366 e. The van der Waals surface area contributed by atoms with Crippen LogP contribution in [0.1, 0.15) is 24.0 Å². The smallest absolute Gasteiger partial charge is 0.366 e. The Morgan fingerprint density at radius 1 is 1.23 bits per heavy atom. The van der Waals surface area contributed by atoms with Gasteiger partial charge in [-0.2, -0.15) is 18.4 Å². The van der Waals surface area contributed by atoms with Crippen molar-refractivity contribution in [3.8, 4) is 6.07 Å². The van der Waals surface area contributed by atoms with Gasteiger partial charge in [-0.15, -0.1) is 0 Å². The Morgan fingerprint density at radius 2 is 1.95 bits per heavy atom. The molecule has 22 heavy (non-hydrogen) atoms. The van der Waals surface area contributed by atoms with Crippen molar-refractivity contribution >= 4 is 5.69 Å². The van der Waals surface area contributed by atoms with E-state index in [2.05, 4.69) is 0 Å². The Labute approximate surface area is 126 Å². The number of alkyl halides is 3. The molecule has 3 rings (SSSR count). The molecule has 0 unspecified atom stereocenters. The second-order valence-electron chi connectivity index (χ2n) is 5.47. The normalized spacial score (nSPS) is 21.1. The molecule has 1 spiro atoms. The molecule has 7 heteroatoms. The third-order valence-corrected chi connectivity index (χ3v) is 4.00. The lowest BCUT2D eigenvalue weighted by atomic mass is 10.0. The van der Waals surface area contributed by atoms with Crippen LogP contribution in [0.3, 0.4) is 0 Å². The van der Waals surface area contributed by atoms with Gasteiger partial charge in [-0.25, -0.2) is 0 Å². The summed E-state index contributed by atoms with van der Waals surface area (Å²) < 4.78 is 50.9. The number of rotatable bonds is 1. The Kier molecular flexibility index (Phi) is 3.75. The zero-order chi connectivity index (χ0) is 15.8. The Morgan fingerprint density at radius 3 is 2.59 bits per heavy atom. The van der Waals surface area contributed by atoms with E-state index in [1.54, 1.807) is 4.90 Å². The first-order valence-corrected chi connectivity index (χ1v) is 7.08. The van der Waals surface area contributed by atoms with E-state index in [-0.39, 0.29) is 17.8 Å². The summed E-state index contributed by atoms with van der Waals surface area (Å²) in [6.45, 7) is 1.63. The van der Waals surface area contributed by atoms with Crippen molar-refractivity contribution in [3.63, 3.8) is 0 Å². The first-order valence-electron chi connectivity index (χ1n) is 7.08. The fourth-order valence-corrected chi connectivity index (χ4v) is 3.03. The predicted octanol–water partition coefficient (Wildman–Crippen LogP) is 2.92. The van der Waals surface area contributed by atoms with Gasteiger partial charge in [-0.05, 0) is 24.6 Å². The minimum absolute atomic E-state index is 0.0183. The van der Waals surface area contributed by atoms with Crippen molar-refractivity contribution in [2.75, 3.05) is 31.2 Å². The molecule has 2 aliphatic heterocycles. The molecular formula is C15H15F3N2O2. The molecule has 4 nitrogen and oxygen atoms in total. The summed E-state index contributed by atoms with van der Waals surface area (Å²) in [4.78, 5) is 1.61. The number of benzene rings is 1. The van der Waals surface area contributed by atoms with Crippen LogP contribution in [-0.2, 0) is 15.7 Å². The van der Waals surface area contributed by atoms with Gasteiger partial charge in [0, 0.05) is 13.0 Å². The largest absolute Gasteiger partial charge is 0.418 e. The van der Waals surface area contributed by atoms with Crippen LogP contribution in [0.4, 0.5) is 18.9 Å². The van der Waals surface area contributed by atoms with E-state index >= 15 is 0 Å². The van der Waals surface area contributed by atoms with E-state index < -0.39 is 17.5 Å². The number of hydrogen-bond acceptors (Lipinski definition) is 4. The summed E-state index contributed by atoms with van der Waals surface area (Å²) in [6, 6.07) is 5.33. The lowest BCUT2D eigenvalue weighted by molar-refractivity contribution is -0.161. The second-order valence-corrected chi connectivity index (χ2v) is 5.47. The van der Waals surface area contributed by atoms with E-state index in [4.69, 9.17) is 14.7 Å². The summed E-state index contributed by atoms with van der Waals surface area (Å²) in [5, 5.41) is 8.96. The van der Waals surface area contributed by atoms with Crippen molar-refractivity contribution in [1.29, 1.82) is 5.26 Å². The highest BCUT2D eigenvalue weighted by atomic mass is 19.4. The molecule has 2 saturated heterocycles. The Hall–Kier alpha value is -1.78. The van der Waals surface area contributed by atoms with Gasteiger partial charge in [0.2, 0.25) is 0 Å². The lowest BCUT2D eigenvalue weighted by Crippen LogP contribution is -2.49. The molecule has 0 radical (unpaired) electrons. The second kappa shape index (κ2) is 5.45. The highest BCUT2D eigenvalue weighted by Crippen LogP contribution is 2.40. The highest BCUT2D eigenvalue weighted by Gasteiger charge is 2.43. The van der Waals surface area contributed by atoms with Crippen LogP contribution in [0.2, 0.25) is 0 Å². The molecule has 0 amide bonds. The first-order chi connectivity index (χ1) is 10.4. The maximum absolute atomic E-state index is 13.2. The number of halogens is 3.